The molecule has 6 nitrogen and oxygen atoms in total. The van der Waals surface area contributed by atoms with Crippen molar-refractivity contribution in [2.75, 3.05) is 18.4 Å². The number of hydrogen-bond acceptors (Lipinski definition) is 5. The number of amidine groups is 1. The van der Waals surface area contributed by atoms with Gasteiger partial charge in [0.2, 0.25) is 0 Å². The van der Waals surface area contributed by atoms with Gasteiger partial charge in [-0.15, -0.1) is 0 Å². The van der Waals surface area contributed by atoms with Crippen molar-refractivity contribution in [3.63, 3.8) is 0 Å². The molecule has 1 amide bonds. The second kappa shape index (κ2) is 5.01. The molecule has 0 fully saturated rings. The van der Waals surface area contributed by atoms with E-state index >= 15 is 0 Å². The van der Waals surface area contributed by atoms with Gasteiger partial charge in [-0.25, -0.2) is 14.4 Å². The van der Waals surface area contributed by atoms with E-state index in [1.165, 1.54) is 0 Å². The molecular formula is C14H15ClFN5O. The van der Waals surface area contributed by atoms with Gasteiger partial charge < -0.3 is 10.2 Å². The fourth-order valence-corrected chi connectivity index (χ4v) is 3.07. The van der Waals surface area contributed by atoms with E-state index in [-0.39, 0.29) is 5.82 Å². The Morgan fingerprint density at radius 1 is 1.50 bits per heavy atom. The van der Waals surface area contributed by atoms with E-state index in [1.807, 2.05) is 13.8 Å². The number of anilines is 1. The van der Waals surface area contributed by atoms with Gasteiger partial charge in [-0.3, -0.25) is 9.79 Å². The minimum absolute atomic E-state index is 0.0773. The first-order chi connectivity index (χ1) is 10.3. The summed E-state index contributed by atoms with van der Waals surface area (Å²) in [6, 6.07) is 0. The average molecular weight is 324 g/mol. The summed E-state index contributed by atoms with van der Waals surface area (Å²) in [6.45, 7) is 6.32. The van der Waals surface area contributed by atoms with Gasteiger partial charge in [0.05, 0.1) is 24.8 Å². The zero-order chi connectivity index (χ0) is 16.1. The van der Waals surface area contributed by atoms with E-state index in [9.17, 15) is 9.18 Å². The van der Waals surface area contributed by atoms with Gasteiger partial charge in [-0.2, -0.15) is 0 Å². The maximum atomic E-state index is 13.8. The molecule has 2 aliphatic heterocycles. The lowest BCUT2D eigenvalue weighted by molar-refractivity contribution is 0.194. The van der Waals surface area contributed by atoms with Crippen molar-refractivity contribution >= 4 is 28.6 Å². The summed E-state index contributed by atoms with van der Waals surface area (Å²) in [5.74, 6) is 0.514. The van der Waals surface area contributed by atoms with Crippen LogP contribution in [-0.2, 0) is 0 Å². The Morgan fingerprint density at radius 2 is 2.23 bits per heavy atom. The fraction of sp³-hybridized carbons (Fsp3) is 0.429. The number of nitrogens with zero attached hydrogens (tertiary/aromatic N) is 4. The number of carbonyl (C=O) groups excluding carboxylic acids is 1. The Labute approximate surface area is 132 Å². The van der Waals surface area contributed by atoms with Crippen LogP contribution < -0.4 is 5.32 Å². The van der Waals surface area contributed by atoms with Gasteiger partial charge in [-0.1, -0.05) is 0 Å². The summed E-state index contributed by atoms with van der Waals surface area (Å²) in [4.78, 5) is 25.4. The summed E-state index contributed by atoms with van der Waals surface area (Å²) in [6.07, 6.45) is 1.11. The Bertz CT molecular complexity index is 728. The Kier molecular flexibility index (Phi) is 3.40. The highest BCUT2D eigenvalue weighted by Gasteiger charge is 2.45. The molecule has 0 unspecified atom stereocenters. The van der Waals surface area contributed by atoms with Crippen LogP contribution in [0, 0.1) is 12.7 Å². The third-order valence-electron chi connectivity index (χ3n) is 4.09. The molecular weight excluding hydrogens is 309 g/mol. The van der Waals surface area contributed by atoms with Crippen LogP contribution in [0.25, 0.3) is 0 Å². The fourth-order valence-electron chi connectivity index (χ4n) is 2.80. The van der Waals surface area contributed by atoms with Crippen molar-refractivity contribution in [1.82, 2.24) is 14.9 Å². The van der Waals surface area contributed by atoms with Gasteiger partial charge in [-0.05, 0) is 37.9 Å². The maximum absolute atomic E-state index is 13.8. The molecule has 0 aromatic carbocycles. The normalized spacial score (nSPS) is 19.3. The first kappa shape index (κ1) is 14.9. The molecule has 0 atom stereocenters. The number of aliphatic imine (C=N–C) groups is 1. The SMILES string of the molecule is Cc1ncc(F)c(NC2=NCC3=C2CN(C(=O)Cl)C3(C)C)n1. The molecule has 0 saturated carbocycles. The molecule has 22 heavy (non-hydrogen) atoms. The number of carbonyl (C=O) groups is 1. The summed E-state index contributed by atoms with van der Waals surface area (Å²) in [5.41, 5.74) is 1.38. The van der Waals surface area contributed by atoms with Crippen LogP contribution in [0.2, 0.25) is 0 Å². The molecule has 0 radical (unpaired) electrons. The highest BCUT2D eigenvalue weighted by Crippen LogP contribution is 2.38. The molecule has 2 aliphatic rings. The van der Waals surface area contributed by atoms with Crippen molar-refractivity contribution in [2.45, 2.75) is 26.3 Å². The molecule has 1 aromatic heterocycles. The van der Waals surface area contributed by atoms with Crippen LogP contribution in [-0.4, -0.2) is 44.7 Å². The van der Waals surface area contributed by atoms with Crippen LogP contribution in [0.3, 0.4) is 0 Å². The first-order valence-electron chi connectivity index (χ1n) is 6.81. The maximum Gasteiger partial charge on any atom is 0.317 e. The topological polar surface area (TPSA) is 70.5 Å². The van der Waals surface area contributed by atoms with Gasteiger partial charge in [0, 0.05) is 5.57 Å². The van der Waals surface area contributed by atoms with Gasteiger partial charge in [0.15, 0.2) is 11.6 Å². The Balaban J connectivity index is 1.89. The number of aromatic nitrogens is 2. The number of amides is 1. The predicted octanol–water partition coefficient (Wildman–Crippen LogP) is 2.50. The molecule has 1 aromatic rings. The molecule has 8 heteroatoms. The van der Waals surface area contributed by atoms with Crippen molar-refractivity contribution in [1.29, 1.82) is 0 Å². The Morgan fingerprint density at radius 3 is 2.91 bits per heavy atom. The lowest BCUT2D eigenvalue weighted by Crippen LogP contribution is -2.43. The molecule has 116 valence electrons. The number of nitrogens with one attached hydrogen (secondary N) is 1. The second-order valence-corrected chi connectivity index (χ2v) is 6.08. The van der Waals surface area contributed by atoms with Gasteiger partial charge >= 0.3 is 5.37 Å². The largest absolute Gasteiger partial charge is 0.322 e. The number of rotatable bonds is 1. The highest BCUT2D eigenvalue weighted by molar-refractivity contribution is 6.63. The highest BCUT2D eigenvalue weighted by atomic mass is 35.5. The molecule has 3 heterocycles. The Hall–Kier alpha value is -2.02. The van der Waals surface area contributed by atoms with E-state index < -0.39 is 16.7 Å². The molecule has 3 rings (SSSR count). The molecule has 0 spiro atoms. The van der Waals surface area contributed by atoms with Crippen LogP contribution in [0.4, 0.5) is 15.0 Å². The van der Waals surface area contributed by atoms with E-state index in [0.717, 1.165) is 17.3 Å². The van der Waals surface area contributed by atoms with Crippen LogP contribution >= 0.6 is 11.6 Å². The second-order valence-electron chi connectivity index (χ2n) is 5.76. The summed E-state index contributed by atoms with van der Waals surface area (Å²) in [5, 5.41) is 2.39. The van der Waals surface area contributed by atoms with E-state index in [4.69, 9.17) is 11.6 Å². The smallest absolute Gasteiger partial charge is 0.317 e. The predicted molar refractivity (Wildman–Crippen MR) is 81.7 cm³/mol. The minimum atomic E-state index is -0.551. The lowest BCUT2D eigenvalue weighted by atomic mass is 9.94. The zero-order valence-corrected chi connectivity index (χ0v) is 13.2. The van der Waals surface area contributed by atoms with Gasteiger partial charge in [0.25, 0.3) is 0 Å². The quantitative estimate of drug-likeness (QED) is 0.637. The van der Waals surface area contributed by atoms with Crippen molar-refractivity contribution < 1.29 is 9.18 Å². The van der Waals surface area contributed by atoms with Crippen molar-refractivity contribution in [3.05, 3.63) is 29.0 Å². The summed E-state index contributed by atoms with van der Waals surface area (Å²) in [7, 11) is 0. The van der Waals surface area contributed by atoms with E-state index in [2.05, 4.69) is 20.3 Å². The molecule has 1 N–H and O–H groups in total. The number of halogens is 2. The first-order valence-corrected chi connectivity index (χ1v) is 7.19. The van der Waals surface area contributed by atoms with Crippen molar-refractivity contribution in [3.8, 4) is 0 Å². The molecule has 0 saturated heterocycles. The van der Waals surface area contributed by atoms with Crippen LogP contribution in [0.15, 0.2) is 22.3 Å². The molecule has 0 aliphatic carbocycles. The number of hydrogen-bond donors (Lipinski definition) is 1. The van der Waals surface area contributed by atoms with Crippen LogP contribution in [0.1, 0.15) is 19.7 Å². The zero-order valence-electron chi connectivity index (χ0n) is 12.4. The van der Waals surface area contributed by atoms with Crippen LogP contribution in [0.5, 0.6) is 0 Å². The van der Waals surface area contributed by atoms with Crippen molar-refractivity contribution in [2.24, 2.45) is 4.99 Å². The average Bonchev–Trinajstić information content (AvgIpc) is 2.94. The monoisotopic (exact) mass is 323 g/mol. The molecule has 0 bridgehead atoms. The minimum Gasteiger partial charge on any atom is -0.322 e. The number of aryl methyl sites for hydroxylation is 1. The lowest BCUT2D eigenvalue weighted by Gasteiger charge is -2.32. The van der Waals surface area contributed by atoms with E-state index in [1.54, 1.807) is 11.8 Å². The summed E-state index contributed by atoms with van der Waals surface area (Å²) < 4.78 is 13.8. The third-order valence-corrected chi connectivity index (χ3v) is 4.29. The summed E-state index contributed by atoms with van der Waals surface area (Å²) >= 11 is 5.65. The van der Waals surface area contributed by atoms with E-state index in [0.29, 0.717) is 24.7 Å². The third kappa shape index (κ3) is 2.25. The standard InChI is InChI=1S/C14H15ClFN5O/c1-7-17-5-10(16)12(19-7)20-11-8-6-21(13(15)22)14(2,3)9(8)4-18-11/h5H,4,6H2,1-3H3,(H,17,18,19,20). The van der Waals surface area contributed by atoms with Gasteiger partial charge in [0.1, 0.15) is 11.7 Å².